The molecule has 45 heavy (non-hydrogen) atoms. The van der Waals surface area contributed by atoms with E-state index >= 15 is 0 Å². The number of nitrogens with one attached hydrogen (secondary N) is 2. The van der Waals surface area contributed by atoms with Crippen LogP contribution in [0.5, 0.6) is 5.75 Å². The van der Waals surface area contributed by atoms with E-state index in [0.717, 1.165) is 0 Å². The van der Waals surface area contributed by atoms with Crippen LogP contribution >= 0.6 is 0 Å². The maximum absolute atomic E-state index is 13.9. The molecule has 0 saturated heterocycles. The monoisotopic (exact) mass is 646 g/mol. The van der Waals surface area contributed by atoms with Gasteiger partial charge in [-0.3, -0.25) is 10.2 Å². The lowest BCUT2D eigenvalue weighted by Gasteiger charge is -2.31. The molecule has 1 aliphatic rings. The molecule has 16 heteroatoms. The molecule has 0 aromatic heterocycles. The minimum absolute atomic E-state index is 0.0262. The third-order valence-corrected chi connectivity index (χ3v) is 8.48. The number of aliphatic hydroxyl groups is 1. The molecule has 0 spiro atoms. The third kappa shape index (κ3) is 8.30. The number of hydrazine groups is 1. The number of aliphatic imine (C=N–C) groups is 1. The van der Waals surface area contributed by atoms with Gasteiger partial charge in [0, 0.05) is 41.2 Å². The van der Waals surface area contributed by atoms with Crippen molar-refractivity contribution >= 4 is 27.3 Å². The van der Waals surface area contributed by atoms with E-state index in [9.17, 15) is 31.9 Å². The fourth-order valence-electron chi connectivity index (χ4n) is 4.56. The van der Waals surface area contributed by atoms with Crippen molar-refractivity contribution < 1.29 is 41.0 Å². The highest BCUT2D eigenvalue weighted by Crippen LogP contribution is 2.45. The van der Waals surface area contributed by atoms with Crippen LogP contribution in [0.3, 0.4) is 0 Å². The fourth-order valence-corrected chi connectivity index (χ4v) is 5.95. The lowest BCUT2D eigenvalue weighted by atomic mass is 9.84. The number of nitrogens with zero attached hydrogens (tertiary/aromatic N) is 4. The smallest absolute Gasteiger partial charge is 0.402 e. The Bertz CT molecular complexity index is 1670. The van der Waals surface area contributed by atoms with Crippen molar-refractivity contribution in [2.45, 2.75) is 35.6 Å². The average molecular weight is 647 g/mol. The van der Waals surface area contributed by atoms with Crippen LogP contribution in [-0.2, 0) is 19.4 Å². The second-order valence-electron chi connectivity index (χ2n) is 9.84. The first-order chi connectivity index (χ1) is 21.5. The van der Waals surface area contributed by atoms with Gasteiger partial charge < -0.3 is 14.6 Å². The summed E-state index contributed by atoms with van der Waals surface area (Å²) in [4.78, 5) is 21.2. The van der Waals surface area contributed by atoms with Gasteiger partial charge in [-0.1, -0.05) is 47.6 Å². The number of aliphatic hydroxyl groups excluding tert-OH is 1. The summed E-state index contributed by atoms with van der Waals surface area (Å²) in [5.41, 5.74) is 11.4. The standard InChI is InChI=1S/C29H29F3N6O6S/c30-29(31,32)19-34-37-27(40)28(15-18-45(41,42)22-7-2-1-3-8-22)25(23-9-4-5-10-24(23)36-38-33)44-26(35-28)20-11-13-21(14-12-20)43-17-6-16-39/h1-5,7-14,25,34,39H,6,15-19H2,(H,37,40)/t25-,28-/m0/s1. The highest BCUT2D eigenvalue weighted by molar-refractivity contribution is 7.91. The zero-order valence-corrected chi connectivity index (χ0v) is 24.5. The van der Waals surface area contributed by atoms with Gasteiger partial charge in [-0.05, 0) is 41.9 Å². The van der Waals surface area contributed by atoms with E-state index in [0.29, 0.717) is 17.7 Å². The van der Waals surface area contributed by atoms with Crippen LogP contribution in [0.25, 0.3) is 10.4 Å². The summed E-state index contributed by atoms with van der Waals surface area (Å²) in [7, 11) is -4.01. The normalized spacial score (nSPS) is 18.0. The number of carbonyl (C=O) groups excluding carboxylic acids is 1. The average Bonchev–Trinajstić information content (AvgIpc) is 3.42. The van der Waals surface area contributed by atoms with Gasteiger partial charge >= 0.3 is 6.18 Å². The number of sulfone groups is 1. The van der Waals surface area contributed by atoms with E-state index in [2.05, 4.69) is 15.0 Å². The molecule has 0 fully saturated rings. The van der Waals surface area contributed by atoms with Gasteiger partial charge in [0.1, 0.15) is 12.3 Å². The molecule has 4 rings (SSSR count). The molecular formula is C29H29F3N6O6S. The number of halogens is 3. The predicted octanol–water partition coefficient (Wildman–Crippen LogP) is 4.69. The molecule has 3 aromatic carbocycles. The predicted molar refractivity (Wildman–Crippen MR) is 157 cm³/mol. The maximum Gasteiger partial charge on any atom is 0.402 e. The number of hydrogen-bond acceptors (Lipinski definition) is 9. The van der Waals surface area contributed by atoms with Crippen LogP contribution in [0.1, 0.15) is 30.1 Å². The number of hydrogen-bond donors (Lipinski definition) is 3. The number of rotatable bonds is 14. The van der Waals surface area contributed by atoms with E-state index in [1.165, 1.54) is 36.4 Å². The first-order valence-electron chi connectivity index (χ1n) is 13.6. The van der Waals surface area contributed by atoms with Gasteiger partial charge in [-0.15, -0.1) is 0 Å². The Morgan fingerprint density at radius 1 is 1.09 bits per heavy atom. The Morgan fingerprint density at radius 3 is 2.44 bits per heavy atom. The van der Waals surface area contributed by atoms with Crippen LogP contribution in [0, 0.1) is 0 Å². The molecule has 0 bridgehead atoms. The summed E-state index contributed by atoms with van der Waals surface area (Å²) in [5.74, 6) is -1.39. The second-order valence-corrected chi connectivity index (χ2v) is 12.0. The van der Waals surface area contributed by atoms with Crippen LogP contribution in [-0.4, -0.2) is 62.6 Å². The molecule has 1 heterocycles. The van der Waals surface area contributed by atoms with Crippen LogP contribution in [0.2, 0.25) is 0 Å². The van der Waals surface area contributed by atoms with Crippen molar-refractivity contribution in [1.29, 1.82) is 0 Å². The number of benzene rings is 3. The molecule has 0 radical (unpaired) electrons. The fraction of sp³-hybridized carbons (Fsp3) is 0.310. The highest BCUT2D eigenvalue weighted by Gasteiger charge is 2.54. The van der Waals surface area contributed by atoms with Crippen molar-refractivity contribution in [2.24, 2.45) is 10.1 Å². The van der Waals surface area contributed by atoms with Gasteiger partial charge in [0.25, 0.3) is 5.91 Å². The van der Waals surface area contributed by atoms with Crippen molar-refractivity contribution in [3.05, 3.63) is 100 Å². The van der Waals surface area contributed by atoms with Crippen LogP contribution in [0.4, 0.5) is 18.9 Å². The van der Waals surface area contributed by atoms with Crippen LogP contribution < -0.4 is 15.6 Å². The molecule has 238 valence electrons. The first kappa shape index (κ1) is 33.3. The zero-order valence-electron chi connectivity index (χ0n) is 23.6. The topological polar surface area (TPSA) is 175 Å². The van der Waals surface area contributed by atoms with Crippen LogP contribution in [0.15, 0.2) is 93.9 Å². The van der Waals surface area contributed by atoms with Gasteiger partial charge in [-0.25, -0.2) is 18.8 Å². The molecule has 3 N–H and O–H groups in total. The SMILES string of the molecule is [N-]=[N+]=Nc1ccccc1[C@@H]1OC(c2ccc(OCCCO)cc2)=N[C@]1(CCS(=O)(=O)c1ccccc1)C(=O)NNCC(F)(F)F. The first-order valence-corrected chi connectivity index (χ1v) is 15.3. The number of ether oxygens (including phenoxy) is 2. The van der Waals surface area contributed by atoms with E-state index in [4.69, 9.17) is 14.6 Å². The van der Waals surface area contributed by atoms with Gasteiger partial charge in [0.2, 0.25) is 5.90 Å². The second kappa shape index (κ2) is 14.4. The Balaban J connectivity index is 1.81. The summed E-state index contributed by atoms with van der Waals surface area (Å²) >= 11 is 0. The van der Waals surface area contributed by atoms with Gasteiger partial charge in [0.15, 0.2) is 21.5 Å². The summed E-state index contributed by atoms with van der Waals surface area (Å²) in [5, 5.41) is 12.7. The Labute approximate surface area is 256 Å². The minimum Gasteiger partial charge on any atom is -0.494 e. The molecular weight excluding hydrogens is 617 g/mol. The lowest BCUT2D eigenvalue weighted by molar-refractivity contribution is -0.136. The summed E-state index contributed by atoms with van der Waals surface area (Å²) < 4.78 is 77.3. The summed E-state index contributed by atoms with van der Waals surface area (Å²) in [6.07, 6.45) is -6.21. The minimum atomic E-state index is -4.67. The van der Waals surface area contributed by atoms with Gasteiger partial charge in [0.05, 0.1) is 17.3 Å². The van der Waals surface area contributed by atoms with Crippen molar-refractivity contribution in [2.75, 3.05) is 25.5 Å². The van der Waals surface area contributed by atoms with Crippen molar-refractivity contribution in [3.8, 4) is 5.75 Å². The molecule has 0 unspecified atom stereocenters. The molecule has 0 aliphatic carbocycles. The highest BCUT2D eigenvalue weighted by atomic mass is 32.2. The maximum atomic E-state index is 13.9. The Kier molecular flexibility index (Phi) is 10.7. The molecule has 1 amide bonds. The molecule has 1 aliphatic heterocycles. The van der Waals surface area contributed by atoms with E-state index in [1.807, 2.05) is 10.9 Å². The van der Waals surface area contributed by atoms with Crippen molar-refractivity contribution in [1.82, 2.24) is 10.9 Å². The Hall–Kier alpha value is -4.63. The number of azide groups is 1. The summed E-state index contributed by atoms with van der Waals surface area (Å²) in [6.45, 7) is -1.37. The molecule has 12 nitrogen and oxygen atoms in total. The molecule has 3 aromatic rings. The number of amides is 1. The van der Waals surface area contributed by atoms with E-state index in [1.54, 1.807) is 42.5 Å². The van der Waals surface area contributed by atoms with Crippen molar-refractivity contribution in [3.63, 3.8) is 0 Å². The lowest BCUT2D eigenvalue weighted by Crippen LogP contribution is -2.54. The zero-order chi connectivity index (χ0) is 32.5. The van der Waals surface area contributed by atoms with E-state index in [-0.39, 0.29) is 35.3 Å². The number of carbonyl (C=O) groups is 1. The molecule has 0 saturated carbocycles. The largest absolute Gasteiger partial charge is 0.494 e. The quantitative estimate of drug-likeness (QED) is 0.0748. The summed E-state index contributed by atoms with van der Waals surface area (Å²) in [6, 6.07) is 19.8. The third-order valence-electron chi connectivity index (χ3n) is 6.75. The Morgan fingerprint density at radius 2 is 1.78 bits per heavy atom. The molecule has 2 atom stereocenters. The van der Waals surface area contributed by atoms with Gasteiger partial charge in [-0.2, -0.15) is 13.2 Å². The number of alkyl halides is 3. The van der Waals surface area contributed by atoms with E-state index < -0.39 is 52.3 Å².